The van der Waals surface area contributed by atoms with Gasteiger partial charge in [0.1, 0.15) is 0 Å². The predicted octanol–water partition coefficient (Wildman–Crippen LogP) is 0.454. The molecule has 0 aliphatic carbocycles. The van der Waals surface area contributed by atoms with Crippen LogP contribution >= 0.6 is 0 Å². The van der Waals surface area contributed by atoms with Crippen molar-refractivity contribution in [3.8, 4) is 0 Å². The molecular weight excluding hydrogens is 176 g/mol. The van der Waals surface area contributed by atoms with Gasteiger partial charge in [0.15, 0.2) is 0 Å². The maximum atomic E-state index is 4.38. The quantitative estimate of drug-likeness (QED) is 0.653. The van der Waals surface area contributed by atoms with Gasteiger partial charge in [-0.05, 0) is 13.8 Å². The van der Waals surface area contributed by atoms with Gasteiger partial charge in [0.2, 0.25) is 0 Å². The summed E-state index contributed by atoms with van der Waals surface area (Å²) in [6.07, 6.45) is 0. The first-order valence-corrected chi connectivity index (χ1v) is 5.29. The average molecular weight is 194 g/mol. The molecule has 0 N–H and O–H groups in total. The van der Waals surface area contributed by atoms with Crippen LogP contribution in [0.1, 0.15) is 13.8 Å². The van der Waals surface area contributed by atoms with Gasteiger partial charge in [-0.15, -0.1) is 0 Å². The number of nitrogens with zero attached hydrogens (tertiary/aromatic N) is 4. The normalized spacial score (nSPS) is 21.6. The lowest BCUT2D eigenvalue weighted by molar-refractivity contribution is 0.369. The van der Waals surface area contributed by atoms with Crippen molar-refractivity contribution in [3.05, 3.63) is 0 Å². The lowest BCUT2D eigenvalue weighted by Gasteiger charge is -2.23. The molecule has 0 saturated carbocycles. The summed E-state index contributed by atoms with van der Waals surface area (Å²) in [5.41, 5.74) is 0. The summed E-state index contributed by atoms with van der Waals surface area (Å²) in [6.45, 7) is 10.5. The van der Waals surface area contributed by atoms with E-state index in [0.717, 1.165) is 39.3 Å². The van der Waals surface area contributed by atoms with E-state index in [1.165, 1.54) is 11.7 Å². The molecule has 0 aromatic rings. The standard InChI is InChI=1S/C10H18N4/c1-9-11-3-5-13(9)7-8-14-6-4-12-10(14)2/h3-8H2,1-2H3. The van der Waals surface area contributed by atoms with Crippen LogP contribution in [0.3, 0.4) is 0 Å². The zero-order chi connectivity index (χ0) is 9.97. The maximum Gasteiger partial charge on any atom is 0.0959 e. The van der Waals surface area contributed by atoms with Gasteiger partial charge in [0, 0.05) is 26.2 Å². The van der Waals surface area contributed by atoms with Crippen LogP contribution < -0.4 is 0 Å². The first kappa shape index (κ1) is 9.49. The molecule has 4 heteroatoms. The fourth-order valence-corrected chi connectivity index (χ4v) is 1.98. The molecule has 0 spiro atoms. The van der Waals surface area contributed by atoms with E-state index >= 15 is 0 Å². The van der Waals surface area contributed by atoms with Crippen LogP contribution in [0.2, 0.25) is 0 Å². The Morgan fingerprint density at radius 3 is 1.64 bits per heavy atom. The number of rotatable bonds is 3. The largest absolute Gasteiger partial charge is 0.357 e. The second-order valence-electron chi connectivity index (χ2n) is 3.83. The van der Waals surface area contributed by atoms with Crippen LogP contribution in [0.25, 0.3) is 0 Å². The Morgan fingerprint density at radius 2 is 1.36 bits per heavy atom. The van der Waals surface area contributed by atoms with Gasteiger partial charge in [-0.1, -0.05) is 0 Å². The van der Waals surface area contributed by atoms with E-state index in [2.05, 4.69) is 33.6 Å². The zero-order valence-corrected chi connectivity index (χ0v) is 9.03. The molecule has 0 saturated heterocycles. The Morgan fingerprint density at radius 1 is 0.929 bits per heavy atom. The summed E-state index contributed by atoms with van der Waals surface area (Å²) in [5.74, 6) is 2.39. The molecule has 2 aliphatic rings. The second-order valence-corrected chi connectivity index (χ2v) is 3.83. The minimum absolute atomic E-state index is 0.971. The first-order chi connectivity index (χ1) is 6.77. The van der Waals surface area contributed by atoms with Crippen molar-refractivity contribution in [3.63, 3.8) is 0 Å². The van der Waals surface area contributed by atoms with E-state index in [0.29, 0.717) is 0 Å². The third-order valence-corrected chi connectivity index (χ3v) is 2.98. The lowest BCUT2D eigenvalue weighted by atomic mass is 10.4. The van der Waals surface area contributed by atoms with Crippen LogP contribution in [-0.2, 0) is 0 Å². The fraction of sp³-hybridized carbons (Fsp3) is 0.800. The molecule has 0 unspecified atom stereocenters. The summed E-state index contributed by atoms with van der Waals surface area (Å²) >= 11 is 0. The van der Waals surface area contributed by atoms with Gasteiger partial charge in [-0.2, -0.15) is 0 Å². The highest BCUT2D eigenvalue weighted by atomic mass is 15.3. The fourth-order valence-electron chi connectivity index (χ4n) is 1.98. The summed E-state index contributed by atoms with van der Waals surface area (Å²) < 4.78 is 0. The van der Waals surface area contributed by atoms with Gasteiger partial charge in [-0.3, -0.25) is 9.98 Å². The van der Waals surface area contributed by atoms with Crippen molar-refractivity contribution in [2.75, 3.05) is 39.3 Å². The zero-order valence-electron chi connectivity index (χ0n) is 9.03. The van der Waals surface area contributed by atoms with Gasteiger partial charge in [0.05, 0.1) is 24.8 Å². The van der Waals surface area contributed by atoms with Crippen molar-refractivity contribution in [2.45, 2.75) is 13.8 Å². The minimum atomic E-state index is 0.971. The average Bonchev–Trinajstić information content (AvgIpc) is 2.72. The van der Waals surface area contributed by atoms with Gasteiger partial charge >= 0.3 is 0 Å². The van der Waals surface area contributed by atoms with Crippen molar-refractivity contribution >= 4 is 11.7 Å². The molecule has 2 rings (SSSR count). The highest BCUT2D eigenvalue weighted by Gasteiger charge is 2.16. The molecule has 2 heterocycles. The van der Waals surface area contributed by atoms with E-state index in [9.17, 15) is 0 Å². The topological polar surface area (TPSA) is 31.2 Å². The number of aliphatic imine (C=N–C) groups is 2. The Kier molecular flexibility index (Phi) is 2.70. The van der Waals surface area contributed by atoms with Gasteiger partial charge < -0.3 is 9.80 Å². The Hall–Kier alpha value is -1.06. The van der Waals surface area contributed by atoms with Crippen molar-refractivity contribution in [2.24, 2.45) is 9.98 Å². The van der Waals surface area contributed by atoms with Gasteiger partial charge in [-0.25, -0.2) is 0 Å². The van der Waals surface area contributed by atoms with Gasteiger partial charge in [0.25, 0.3) is 0 Å². The van der Waals surface area contributed by atoms with E-state index in [-0.39, 0.29) is 0 Å². The monoisotopic (exact) mass is 194 g/mol. The summed E-state index contributed by atoms with van der Waals surface area (Å²) in [7, 11) is 0. The van der Waals surface area contributed by atoms with E-state index in [1.54, 1.807) is 0 Å². The third kappa shape index (κ3) is 1.89. The van der Waals surface area contributed by atoms with E-state index < -0.39 is 0 Å². The van der Waals surface area contributed by atoms with Crippen LogP contribution in [0, 0.1) is 0 Å². The molecule has 0 fully saturated rings. The van der Waals surface area contributed by atoms with Crippen LogP contribution in [0.4, 0.5) is 0 Å². The summed E-state index contributed by atoms with van der Waals surface area (Å²) in [6, 6.07) is 0. The van der Waals surface area contributed by atoms with Crippen molar-refractivity contribution in [1.29, 1.82) is 0 Å². The molecule has 0 radical (unpaired) electrons. The molecule has 0 aromatic heterocycles. The van der Waals surface area contributed by atoms with E-state index in [4.69, 9.17) is 0 Å². The van der Waals surface area contributed by atoms with Crippen LogP contribution in [0.15, 0.2) is 9.98 Å². The minimum Gasteiger partial charge on any atom is -0.357 e. The smallest absolute Gasteiger partial charge is 0.0959 e. The number of amidine groups is 2. The van der Waals surface area contributed by atoms with Crippen LogP contribution in [-0.4, -0.2) is 60.7 Å². The Labute approximate surface area is 85.3 Å². The SMILES string of the molecule is CC1=NCCN1CCN1CCN=C1C. The van der Waals surface area contributed by atoms with Crippen LogP contribution in [0.5, 0.6) is 0 Å². The van der Waals surface area contributed by atoms with Crippen molar-refractivity contribution in [1.82, 2.24) is 9.80 Å². The lowest BCUT2D eigenvalue weighted by Crippen LogP contribution is -2.37. The second kappa shape index (κ2) is 3.98. The van der Waals surface area contributed by atoms with Crippen molar-refractivity contribution < 1.29 is 0 Å². The highest BCUT2D eigenvalue weighted by Crippen LogP contribution is 2.04. The predicted molar refractivity (Wildman–Crippen MR) is 59.1 cm³/mol. The first-order valence-electron chi connectivity index (χ1n) is 5.29. The Bertz CT molecular complexity index is 241. The molecule has 2 aliphatic heterocycles. The molecule has 0 atom stereocenters. The summed E-state index contributed by atoms with van der Waals surface area (Å²) in [5, 5.41) is 0. The highest BCUT2D eigenvalue weighted by molar-refractivity contribution is 5.82. The number of hydrogen-bond donors (Lipinski definition) is 0. The molecule has 0 bridgehead atoms. The molecule has 0 aromatic carbocycles. The molecule has 0 amide bonds. The maximum absolute atomic E-state index is 4.38. The van der Waals surface area contributed by atoms with E-state index in [1.807, 2.05) is 0 Å². The Balaban J connectivity index is 1.77. The molecule has 4 nitrogen and oxygen atoms in total. The molecule has 78 valence electrons. The molecule has 14 heavy (non-hydrogen) atoms. The molecular formula is C10H18N4. The number of hydrogen-bond acceptors (Lipinski definition) is 4. The third-order valence-electron chi connectivity index (χ3n) is 2.98. The summed E-state index contributed by atoms with van der Waals surface area (Å²) in [4.78, 5) is 13.5.